The van der Waals surface area contributed by atoms with Crippen LogP contribution in [0.4, 0.5) is 0 Å². The number of carbonyl (C=O) groups excluding carboxylic acids is 1. The highest BCUT2D eigenvalue weighted by Crippen LogP contribution is 2.28. The van der Waals surface area contributed by atoms with Crippen LogP contribution in [0, 0.1) is 0 Å². The summed E-state index contributed by atoms with van der Waals surface area (Å²) in [5, 5.41) is 3.36. The Morgan fingerprint density at radius 2 is 1.48 bits per heavy atom. The summed E-state index contributed by atoms with van der Waals surface area (Å²) in [4.78, 5) is 11.3. The number of nitrogens with zero attached hydrogens (tertiary/aromatic N) is 1. The number of carbonyl (C=O) groups is 1. The Bertz CT molecular complexity index is 960. The molecule has 0 bridgehead atoms. The first-order valence-electron chi connectivity index (χ1n) is 6.92. The van der Waals surface area contributed by atoms with Crippen LogP contribution in [0.15, 0.2) is 72.9 Å². The van der Waals surface area contributed by atoms with E-state index >= 15 is 0 Å². The van der Waals surface area contributed by atoms with Gasteiger partial charge in [0.25, 0.3) is 0 Å². The molecular formula is C19H13NO. The van der Waals surface area contributed by atoms with E-state index in [1.165, 1.54) is 10.8 Å². The van der Waals surface area contributed by atoms with Crippen molar-refractivity contribution >= 4 is 28.0 Å². The molecule has 0 saturated carbocycles. The smallest absolute Gasteiger partial charge is 0.152 e. The van der Waals surface area contributed by atoms with Gasteiger partial charge in [-0.05, 0) is 17.5 Å². The number of hydrogen-bond acceptors (Lipinski definition) is 1. The van der Waals surface area contributed by atoms with Crippen LogP contribution in [0.3, 0.4) is 0 Å². The predicted molar refractivity (Wildman–Crippen MR) is 86.2 cm³/mol. The number of benzene rings is 3. The Kier molecular flexibility index (Phi) is 2.61. The number of para-hydroxylation sites is 1. The quantitative estimate of drug-likeness (QED) is 0.488. The normalized spacial score (nSPS) is 11.0. The molecule has 0 spiro atoms. The van der Waals surface area contributed by atoms with Gasteiger partial charge in [0.15, 0.2) is 6.29 Å². The minimum atomic E-state index is 0.721. The Morgan fingerprint density at radius 1 is 0.762 bits per heavy atom. The molecule has 0 amide bonds. The molecule has 0 radical (unpaired) electrons. The molecule has 21 heavy (non-hydrogen) atoms. The van der Waals surface area contributed by atoms with Crippen LogP contribution in [0.2, 0.25) is 0 Å². The Morgan fingerprint density at radius 3 is 2.33 bits per heavy atom. The van der Waals surface area contributed by atoms with E-state index in [2.05, 4.69) is 28.8 Å². The third-order valence-electron chi connectivity index (χ3n) is 3.90. The maximum absolute atomic E-state index is 11.3. The third kappa shape index (κ3) is 1.77. The van der Waals surface area contributed by atoms with E-state index in [9.17, 15) is 4.79 Å². The Balaban J connectivity index is 2.12. The van der Waals surface area contributed by atoms with Gasteiger partial charge in [0.1, 0.15) is 0 Å². The second kappa shape index (κ2) is 4.60. The lowest BCUT2D eigenvalue weighted by atomic mass is 10.1. The highest BCUT2D eigenvalue weighted by molar-refractivity contribution is 6.00. The second-order valence-corrected chi connectivity index (χ2v) is 5.09. The molecular weight excluding hydrogens is 258 g/mol. The fourth-order valence-corrected chi connectivity index (χ4v) is 2.92. The first-order valence-corrected chi connectivity index (χ1v) is 6.92. The fraction of sp³-hybridized carbons (Fsp3) is 0. The van der Waals surface area contributed by atoms with Gasteiger partial charge in [-0.15, -0.1) is 0 Å². The number of rotatable bonds is 2. The van der Waals surface area contributed by atoms with Crippen LogP contribution >= 0.6 is 0 Å². The monoisotopic (exact) mass is 271 g/mol. The van der Waals surface area contributed by atoms with Crippen LogP contribution in [0.25, 0.3) is 27.4 Å². The molecule has 4 rings (SSSR count). The highest BCUT2D eigenvalue weighted by atomic mass is 16.1. The molecule has 100 valence electrons. The fourth-order valence-electron chi connectivity index (χ4n) is 2.92. The summed E-state index contributed by atoms with van der Waals surface area (Å²) in [6, 6.07) is 22.5. The molecule has 2 heteroatoms. The second-order valence-electron chi connectivity index (χ2n) is 5.09. The zero-order chi connectivity index (χ0) is 14.2. The SMILES string of the molecule is O=Cc1cn(-c2cccc3ccccc23)c2ccccc12. The van der Waals surface area contributed by atoms with Gasteiger partial charge in [0.2, 0.25) is 0 Å². The Labute approximate surface area is 122 Å². The van der Waals surface area contributed by atoms with Crippen LogP contribution in [0.1, 0.15) is 10.4 Å². The van der Waals surface area contributed by atoms with Crippen molar-refractivity contribution in [2.45, 2.75) is 0 Å². The molecule has 0 atom stereocenters. The summed E-state index contributed by atoms with van der Waals surface area (Å²) in [6.45, 7) is 0. The van der Waals surface area contributed by atoms with Crippen molar-refractivity contribution in [3.05, 3.63) is 78.5 Å². The van der Waals surface area contributed by atoms with Crippen molar-refractivity contribution in [1.82, 2.24) is 4.57 Å². The zero-order valence-electron chi connectivity index (χ0n) is 11.4. The molecule has 0 aliphatic rings. The summed E-state index contributed by atoms with van der Waals surface area (Å²) in [6.07, 6.45) is 2.84. The minimum Gasteiger partial charge on any atom is -0.315 e. The lowest BCUT2D eigenvalue weighted by Crippen LogP contribution is -1.93. The number of aldehydes is 1. The van der Waals surface area contributed by atoms with Gasteiger partial charge in [-0.1, -0.05) is 54.6 Å². The summed E-state index contributed by atoms with van der Waals surface area (Å²) < 4.78 is 2.10. The molecule has 0 aliphatic carbocycles. The summed E-state index contributed by atoms with van der Waals surface area (Å²) >= 11 is 0. The number of aromatic nitrogens is 1. The van der Waals surface area contributed by atoms with Crippen molar-refractivity contribution in [2.75, 3.05) is 0 Å². The van der Waals surface area contributed by atoms with Gasteiger partial charge in [0.05, 0.1) is 11.2 Å². The summed E-state index contributed by atoms with van der Waals surface area (Å²) in [5.74, 6) is 0. The Hall–Kier alpha value is -2.87. The van der Waals surface area contributed by atoms with Crippen molar-refractivity contribution in [2.24, 2.45) is 0 Å². The van der Waals surface area contributed by atoms with Crippen LogP contribution < -0.4 is 0 Å². The first kappa shape index (κ1) is 11.9. The molecule has 0 saturated heterocycles. The minimum absolute atomic E-state index is 0.721. The van der Waals surface area contributed by atoms with Gasteiger partial charge in [-0.2, -0.15) is 0 Å². The van der Waals surface area contributed by atoms with E-state index in [1.54, 1.807) is 0 Å². The van der Waals surface area contributed by atoms with Crippen LogP contribution in [-0.4, -0.2) is 10.9 Å². The molecule has 2 nitrogen and oxygen atoms in total. The number of fused-ring (bicyclic) bond motifs is 2. The van der Waals surface area contributed by atoms with Gasteiger partial charge in [-0.25, -0.2) is 0 Å². The molecule has 1 heterocycles. The maximum Gasteiger partial charge on any atom is 0.152 e. The average Bonchev–Trinajstić information content (AvgIpc) is 2.93. The molecule has 0 N–H and O–H groups in total. The zero-order valence-corrected chi connectivity index (χ0v) is 11.4. The van der Waals surface area contributed by atoms with Crippen LogP contribution in [0.5, 0.6) is 0 Å². The van der Waals surface area contributed by atoms with Crippen molar-refractivity contribution in [1.29, 1.82) is 0 Å². The lowest BCUT2D eigenvalue weighted by molar-refractivity contribution is 0.112. The molecule has 1 aromatic heterocycles. The molecule has 4 aromatic rings. The van der Waals surface area contributed by atoms with E-state index in [-0.39, 0.29) is 0 Å². The molecule has 0 aliphatic heterocycles. The van der Waals surface area contributed by atoms with E-state index in [1.807, 2.05) is 48.7 Å². The van der Waals surface area contributed by atoms with Crippen molar-refractivity contribution < 1.29 is 4.79 Å². The van der Waals surface area contributed by atoms with Gasteiger partial charge in [-0.3, -0.25) is 4.79 Å². The highest BCUT2D eigenvalue weighted by Gasteiger charge is 2.10. The van der Waals surface area contributed by atoms with E-state index in [0.717, 1.165) is 28.4 Å². The summed E-state index contributed by atoms with van der Waals surface area (Å²) in [5.41, 5.74) is 2.87. The average molecular weight is 271 g/mol. The third-order valence-corrected chi connectivity index (χ3v) is 3.90. The van der Waals surface area contributed by atoms with E-state index in [4.69, 9.17) is 0 Å². The molecule has 0 unspecified atom stereocenters. The van der Waals surface area contributed by atoms with Gasteiger partial charge in [0, 0.05) is 22.5 Å². The van der Waals surface area contributed by atoms with Gasteiger partial charge < -0.3 is 4.57 Å². The number of hydrogen-bond donors (Lipinski definition) is 0. The predicted octanol–water partition coefficient (Wildman–Crippen LogP) is 4.60. The first-order chi connectivity index (χ1) is 10.4. The van der Waals surface area contributed by atoms with Gasteiger partial charge >= 0.3 is 0 Å². The lowest BCUT2D eigenvalue weighted by Gasteiger charge is -2.09. The molecule has 3 aromatic carbocycles. The molecule has 0 fully saturated rings. The van der Waals surface area contributed by atoms with Crippen molar-refractivity contribution in [3.8, 4) is 5.69 Å². The maximum atomic E-state index is 11.3. The van der Waals surface area contributed by atoms with Crippen molar-refractivity contribution in [3.63, 3.8) is 0 Å². The standard InChI is InChI=1S/C19H13NO/c21-13-15-12-20(18-10-4-3-9-17(15)18)19-11-5-7-14-6-1-2-8-16(14)19/h1-13H. The van der Waals surface area contributed by atoms with Crippen LogP contribution in [-0.2, 0) is 0 Å². The largest absolute Gasteiger partial charge is 0.315 e. The van der Waals surface area contributed by atoms with E-state index < -0.39 is 0 Å². The summed E-state index contributed by atoms with van der Waals surface area (Å²) in [7, 11) is 0. The topological polar surface area (TPSA) is 22.0 Å². The van der Waals surface area contributed by atoms with E-state index in [0.29, 0.717) is 0 Å².